The van der Waals surface area contributed by atoms with Gasteiger partial charge in [0.1, 0.15) is 5.82 Å². The molecule has 0 spiro atoms. The van der Waals surface area contributed by atoms with E-state index < -0.39 is 33.7 Å². The normalized spacial score (nSPS) is 12.0. The standard InChI is InChI=1S/C12H14F2N2O3S/c1-7(6-20-2)5-15-12(17)8-3-10(14)11(16(18)19)4-9(8)13/h3-4,7H,5-6H2,1-2H3,(H,15,17). The summed E-state index contributed by atoms with van der Waals surface area (Å²) in [5.41, 5.74) is -1.53. The maximum absolute atomic E-state index is 13.6. The first kappa shape index (κ1) is 16.4. The summed E-state index contributed by atoms with van der Waals surface area (Å²) in [7, 11) is 0. The van der Waals surface area contributed by atoms with Gasteiger partial charge in [0.15, 0.2) is 0 Å². The third-order valence-electron chi connectivity index (χ3n) is 2.54. The van der Waals surface area contributed by atoms with Crippen LogP contribution in [0.1, 0.15) is 17.3 Å². The summed E-state index contributed by atoms with van der Waals surface area (Å²) in [4.78, 5) is 21.1. The Morgan fingerprint density at radius 1 is 1.45 bits per heavy atom. The number of nitro benzene ring substituents is 1. The number of nitrogens with zero attached hydrogens (tertiary/aromatic N) is 1. The van der Waals surface area contributed by atoms with Crippen molar-refractivity contribution in [1.29, 1.82) is 0 Å². The molecule has 1 aromatic carbocycles. The second kappa shape index (κ2) is 7.18. The molecule has 0 radical (unpaired) electrons. The molecule has 110 valence electrons. The van der Waals surface area contributed by atoms with E-state index in [1.165, 1.54) is 0 Å². The molecule has 1 aromatic rings. The van der Waals surface area contributed by atoms with Gasteiger partial charge in [0.2, 0.25) is 5.82 Å². The molecule has 0 fully saturated rings. The third-order valence-corrected chi connectivity index (χ3v) is 3.44. The molecule has 1 atom stereocenters. The van der Waals surface area contributed by atoms with Crippen molar-refractivity contribution in [3.05, 3.63) is 39.4 Å². The number of thioether (sulfide) groups is 1. The van der Waals surface area contributed by atoms with Crippen molar-refractivity contribution in [3.8, 4) is 0 Å². The fourth-order valence-electron chi connectivity index (χ4n) is 1.56. The number of amides is 1. The Labute approximate surface area is 118 Å². The van der Waals surface area contributed by atoms with Gasteiger partial charge in [-0.15, -0.1) is 0 Å². The Balaban J connectivity index is 2.84. The van der Waals surface area contributed by atoms with Crippen LogP contribution in [0.25, 0.3) is 0 Å². The van der Waals surface area contributed by atoms with E-state index in [4.69, 9.17) is 0 Å². The molecule has 5 nitrogen and oxygen atoms in total. The van der Waals surface area contributed by atoms with Crippen LogP contribution in [0.15, 0.2) is 12.1 Å². The molecule has 0 aromatic heterocycles. The van der Waals surface area contributed by atoms with Gasteiger partial charge in [-0.05, 0) is 24.0 Å². The Kier molecular flexibility index (Phi) is 5.87. The van der Waals surface area contributed by atoms with Crippen LogP contribution in [0.5, 0.6) is 0 Å². The van der Waals surface area contributed by atoms with E-state index in [2.05, 4.69) is 5.32 Å². The molecule has 1 N–H and O–H groups in total. The molecular weight excluding hydrogens is 290 g/mol. The number of benzene rings is 1. The van der Waals surface area contributed by atoms with Gasteiger partial charge in [-0.1, -0.05) is 6.92 Å². The Bertz CT molecular complexity index is 526. The van der Waals surface area contributed by atoms with Gasteiger partial charge in [0.25, 0.3) is 5.91 Å². The zero-order valence-corrected chi connectivity index (χ0v) is 11.8. The summed E-state index contributed by atoms with van der Waals surface area (Å²) in [5, 5.41) is 12.9. The molecular formula is C12H14F2N2O3S. The monoisotopic (exact) mass is 304 g/mol. The molecule has 0 saturated carbocycles. The number of hydrogen-bond donors (Lipinski definition) is 1. The first-order valence-electron chi connectivity index (χ1n) is 5.77. The Morgan fingerprint density at radius 2 is 2.10 bits per heavy atom. The summed E-state index contributed by atoms with van der Waals surface area (Å²) in [6.07, 6.45) is 1.92. The van der Waals surface area contributed by atoms with E-state index in [1.54, 1.807) is 11.8 Å². The first-order chi connectivity index (χ1) is 9.36. The number of halogens is 2. The molecule has 1 amide bonds. The van der Waals surface area contributed by atoms with E-state index >= 15 is 0 Å². The lowest BCUT2D eigenvalue weighted by molar-refractivity contribution is -0.387. The second-order valence-electron chi connectivity index (χ2n) is 4.31. The van der Waals surface area contributed by atoms with Gasteiger partial charge >= 0.3 is 5.69 Å². The topological polar surface area (TPSA) is 72.2 Å². The number of rotatable bonds is 6. The maximum Gasteiger partial charge on any atom is 0.307 e. The lowest BCUT2D eigenvalue weighted by atomic mass is 10.1. The Morgan fingerprint density at radius 3 is 2.65 bits per heavy atom. The SMILES string of the molecule is CSCC(C)CNC(=O)c1cc(F)c([N+](=O)[O-])cc1F. The zero-order chi connectivity index (χ0) is 15.3. The van der Waals surface area contributed by atoms with Crippen molar-refractivity contribution in [2.24, 2.45) is 5.92 Å². The second-order valence-corrected chi connectivity index (χ2v) is 5.22. The fourth-order valence-corrected chi connectivity index (χ4v) is 2.24. The highest BCUT2D eigenvalue weighted by Crippen LogP contribution is 2.21. The molecule has 0 heterocycles. The van der Waals surface area contributed by atoms with Crippen LogP contribution in [0.3, 0.4) is 0 Å². The van der Waals surface area contributed by atoms with E-state index in [-0.39, 0.29) is 5.92 Å². The molecule has 0 aliphatic heterocycles. The van der Waals surface area contributed by atoms with Crippen molar-refractivity contribution >= 4 is 23.4 Å². The number of hydrogen-bond acceptors (Lipinski definition) is 4. The number of nitro groups is 1. The van der Waals surface area contributed by atoms with Gasteiger partial charge in [0.05, 0.1) is 16.6 Å². The highest BCUT2D eigenvalue weighted by Gasteiger charge is 2.22. The van der Waals surface area contributed by atoms with E-state index in [0.717, 1.165) is 5.75 Å². The Hall–Kier alpha value is -1.70. The minimum Gasteiger partial charge on any atom is -0.352 e. The summed E-state index contributed by atoms with van der Waals surface area (Å²) < 4.78 is 26.9. The van der Waals surface area contributed by atoms with Crippen molar-refractivity contribution in [2.45, 2.75) is 6.92 Å². The van der Waals surface area contributed by atoms with E-state index in [9.17, 15) is 23.7 Å². The molecule has 0 saturated heterocycles. The van der Waals surface area contributed by atoms with E-state index in [0.29, 0.717) is 18.7 Å². The average molecular weight is 304 g/mol. The summed E-state index contributed by atoms with van der Waals surface area (Å²) in [6.45, 7) is 2.22. The highest BCUT2D eigenvalue weighted by atomic mass is 32.2. The molecule has 1 unspecified atom stereocenters. The van der Waals surface area contributed by atoms with Crippen LogP contribution in [-0.2, 0) is 0 Å². The number of nitrogens with one attached hydrogen (secondary N) is 1. The molecule has 1 rings (SSSR count). The number of carbonyl (C=O) groups excluding carboxylic acids is 1. The number of carbonyl (C=O) groups is 1. The minimum absolute atomic E-state index is 0.180. The largest absolute Gasteiger partial charge is 0.352 e. The lowest BCUT2D eigenvalue weighted by Gasteiger charge is -2.11. The van der Waals surface area contributed by atoms with Crippen LogP contribution in [-0.4, -0.2) is 29.4 Å². The fraction of sp³-hybridized carbons (Fsp3) is 0.417. The van der Waals surface area contributed by atoms with Gasteiger partial charge in [-0.2, -0.15) is 16.2 Å². The zero-order valence-electron chi connectivity index (χ0n) is 11.0. The predicted molar refractivity (Wildman–Crippen MR) is 72.9 cm³/mol. The smallest absolute Gasteiger partial charge is 0.307 e. The van der Waals surface area contributed by atoms with Gasteiger partial charge in [-0.25, -0.2) is 4.39 Å². The quantitative estimate of drug-likeness (QED) is 0.647. The molecule has 20 heavy (non-hydrogen) atoms. The predicted octanol–water partition coefficient (Wildman–Crippen LogP) is 2.60. The third kappa shape index (κ3) is 4.16. The maximum atomic E-state index is 13.6. The van der Waals surface area contributed by atoms with Crippen molar-refractivity contribution in [3.63, 3.8) is 0 Å². The van der Waals surface area contributed by atoms with Crippen molar-refractivity contribution in [2.75, 3.05) is 18.6 Å². The van der Waals surface area contributed by atoms with Crippen LogP contribution < -0.4 is 5.32 Å². The van der Waals surface area contributed by atoms with Crippen molar-refractivity contribution in [1.82, 2.24) is 5.32 Å². The van der Waals surface area contributed by atoms with Gasteiger partial charge < -0.3 is 5.32 Å². The summed E-state index contributed by atoms with van der Waals surface area (Å²) >= 11 is 1.61. The molecule has 0 aliphatic rings. The lowest BCUT2D eigenvalue weighted by Crippen LogP contribution is -2.30. The van der Waals surface area contributed by atoms with Crippen LogP contribution in [0.2, 0.25) is 0 Å². The summed E-state index contributed by atoms with van der Waals surface area (Å²) in [6, 6.07) is 0.956. The van der Waals surface area contributed by atoms with Gasteiger partial charge in [0, 0.05) is 6.54 Å². The first-order valence-corrected chi connectivity index (χ1v) is 7.16. The highest BCUT2D eigenvalue weighted by molar-refractivity contribution is 7.98. The summed E-state index contributed by atoms with van der Waals surface area (Å²) in [5.74, 6) is -2.15. The van der Waals surface area contributed by atoms with Crippen LogP contribution >= 0.6 is 11.8 Å². The van der Waals surface area contributed by atoms with Gasteiger partial charge in [-0.3, -0.25) is 14.9 Å². The van der Waals surface area contributed by atoms with Crippen molar-refractivity contribution < 1.29 is 18.5 Å². The molecule has 0 bridgehead atoms. The van der Waals surface area contributed by atoms with Crippen LogP contribution in [0, 0.1) is 27.7 Å². The van der Waals surface area contributed by atoms with E-state index in [1.807, 2.05) is 13.2 Å². The minimum atomic E-state index is -1.24. The average Bonchev–Trinajstić information content (AvgIpc) is 2.38. The molecule has 8 heteroatoms. The van der Waals surface area contributed by atoms with Crippen LogP contribution in [0.4, 0.5) is 14.5 Å². The molecule has 0 aliphatic carbocycles.